The quantitative estimate of drug-likeness (QED) is 0.685. The van der Waals surface area contributed by atoms with E-state index in [1.54, 1.807) is 0 Å². The zero-order chi connectivity index (χ0) is 10.7. The lowest BCUT2D eigenvalue weighted by atomic mass is 10.2. The zero-order valence-electron chi connectivity index (χ0n) is 9.16. The largest absolute Gasteiger partial charge is 0.339 e. The van der Waals surface area contributed by atoms with E-state index < -0.39 is 0 Å². The fourth-order valence-corrected chi connectivity index (χ4v) is 1.67. The Morgan fingerprint density at radius 1 is 1.64 bits per heavy atom. The molecule has 1 aliphatic carbocycles. The van der Waals surface area contributed by atoms with Crippen LogP contribution in [0.15, 0.2) is 0 Å². The molecule has 0 bridgehead atoms. The molecule has 78 valence electrons. The van der Waals surface area contributed by atoms with Gasteiger partial charge in [-0.1, -0.05) is 6.92 Å². The van der Waals surface area contributed by atoms with Crippen LogP contribution in [0.4, 0.5) is 0 Å². The summed E-state index contributed by atoms with van der Waals surface area (Å²) < 4.78 is 0. The zero-order valence-corrected chi connectivity index (χ0v) is 9.16. The molecule has 14 heavy (non-hydrogen) atoms. The molecule has 1 amide bonds. The van der Waals surface area contributed by atoms with Crippen molar-refractivity contribution in [2.45, 2.75) is 39.7 Å². The molecule has 2 unspecified atom stereocenters. The highest BCUT2D eigenvalue weighted by Gasteiger charge is 2.41. The number of rotatable bonds is 4. The van der Waals surface area contributed by atoms with Gasteiger partial charge in [0, 0.05) is 18.5 Å². The summed E-state index contributed by atoms with van der Waals surface area (Å²) in [6.07, 6.45) is 1.46. The van der Waals surface area contributed by atoms with Crippen LogP contribution in [0.3, 0.4) is 0 Å². The van der Waals surface area contributed by atoms with E-state index in [0.29, 0.717) is 18.9 Å². The number of carbonyl (C=O) groups excluding carboxylic acids is 1. The van der Waals surface area contributed by atoms with E-state index in [2.05, 4.69) is 13.0 Å². The first-order valence-corrected chi connectivity index (χ1v) is 5.25. The van der Waals surface area contributed by atoms with E-state index in [1.807, 2.05) is 18.7 Å². The fraction of sp³-hybridized carbons (Fsp3) is 0.818. The van der Waals surface area contributed by atoms with Crippen LogP contribution >= 0.6 is 0 Å². The molecular weight excluding hydrogens is 176 g/mol. The molecule has 0 aromatic carbocycles. The Morgan fingerprint density at radius 3 is 2.57 bits per heavy atom. The topological polar surface area (TPSA) is 44.1 Å². The van der Waals surface area contributed by atoms with Crippen molar-refractivity contribution in [2.24, 2.45) is 11.8 Å². The summed E-state index contributed by atoms with van der Waals surface area (Å²) in [5.41, 5.74) is 0. The van der Waals surface area contributed by atoms with Gasteiger partial charge in [0.05, 0.1) is 12.5 Å². The lowest BCUT2D eigenvalue weighted by molar-refractivity contribution is -0.134. The Kier molecular flexibility index (Phi) is 3.51. The summed E-state index contributed by atoms with van der Waals surface area (Å²) in [6.45, 7) is 6.69. The third-order valence-corrected chi connectivity index (χ3v) is 2.80. The summed E-state index contributed by atoms with van der Waals surface area (Å²) in [7, 11) is 0. The standard InChI is InChI=1S/C11H18N2O/c1-8(2)13(6-4-5-12)11(14)10-7-9(10)3/h8-10H,4,6-7H2,1-3H3. The average molecular weight is 194 g/mol. The maximum atomic E-state index is 11.9. The Balaban J connectivity index is 2.50. The van der Waals surface area contributed by atoms with Crippen LogP contribution in [0.2, 0.25) is 0 Å². The number of nitriles is 1. The van der Waals surface area contributed by atoms with Gasteiger partial charge in [-0.25, -0.2) is 0 Å². The van der Waals surface area contributed by atoms with Crippen LogP contribution in [0.1, 0.15) is 33.6 Å². The first-order chi connectivity index (χ1) is 6.57. The molecule has 1 saturated carbocycles. The summed E-state index contributed by atoms with van der Waals surface area (Å²) in [5, 5.41) is 8.50. The molecule has 0 heterocycles. The molecule has 3 nitrogen and oxygen atoms in total. The van der Waals surface area contributed by atoms with Gasteiger partial charge in [-0.3, -0.25) is 4.79 Å². The van der Waals surface area contributed by atoms with E-state index >= 15 is 0 Å². The molecule has 0 N–H and O–H groups in total. The normalized spacial score (nSPS) is 24.5. The third-order valence-electron chi connectivity index (χ3n) is 2.80. The summed E-state index contributed by atoms with van der Waals surface area (Å²) >= 11 is 0. The lowest BCUT2D eigenvalue weighted by Crippen LogP contribution is -2.38. The molecule has 1 fully saturated rings. The van der Waals surface area contributed by atoms with Gasteiger partial charge in [-0.05, 0) is 26.2 Å². The first-order valence-electron chi connectivity index (χ1n) is 5.25. The molecule has 1 aliphatic rings. The van der Waals surface area contributed by atoms with Crippen molar-refractivity contribution in [1.29, 1.82) is 5.26 Å². The van der Waals surface area contributed by atoms with Crippen molar-refractivity contribution in [2.75, 3.05) is 6.54 Å². The Bertz CT molecular complexity index is 255. The number of nitrogens with zero attached hydrogens (tertiary/aromatic N) is 2. The molecule has 0 aliphatic heterocycles. The summed E-state index contributed by atoms with van der Waals surface area (Å²) in [6, 6.07) is 2.30. The van der Waals surface area contributed by atoms with E-state index in [9.17, 15) is 4.79 Å². The minimum absolute atomic E-state index is 0.212. The number of hydrogen-bond donors (Lipinski definition) is 0. The maximum Gasteiger partial charge on any atom is 0.226 e. The van der Waals surface area contributed by atoms with Crippen molar-refractivity contribution in [3.05, 3.63) is 0 Å². The van der Waals surface area contributed by atoms with Crippen LogP contribution in [0, 0.1) is 23.2 Å². The smallest absolute Gasteiger partial charge is 0.226 e. The molecule has 0 radical (unpaired) electrons. The second-order valence-corrected chi connectivity index (χ2v) is 4.35. The van der Waals surface area contributed by atoms with Crippen molar-refractivity contribution < 1.29 is 4.79 Å². The average Bonchev–Trinajstić information content (AvgIpc) is 2.82. The van der Waals surface area contributed by atoms with E-state index in [1.165, 1.54) is 0 Å². The third kappa shape index (κ3) is 2.47. The molecule has 0 saturated heterocycles. The maximum absolute atomic E-state index is 11.9. The number of carbonyl (C=O) groups is 1. The second kappa shape index (κ2) is 4.45. The minimum atomic E-state index is 0.212. The first kappa shape index (κ1) is 11.0. The van der Waals surface area contributed by atoms with Gasteiger partial charge in [-0.2, -0.15) is 5.26 Å². The summed E-state index contributed by atoms with van der Waals surface area (Å²) in [5.74, 6) is 1.02. The van der Waals surface area contributed by atoms with Crippen LogP contribution < -0.4 is 0 Å². The van der Waals surface area contributed by atoms with Gasteiger partial charge in [0.2, 0.25) is 5.91 Å². The van der Waals surface area contributed by atoms with Gasteiger partial charge >= 0.3 is 0 Å². The minimum Gasteiger partial charge on any atom is -0.339 e. The molecule has 0 spiro atoms. The van der Waals surface area contributed by atoms with Crippen molar-refractivity contribution >= 4 is 5.91 Å². The van der Waals surface area contributed by atoms with Crippen LogP contribution in [0.25, 0.3) is 0 Å². The van der Waals surface area contributed by atoms with Gasteiger partial charge < -0.3 is 4.90 Å². The van der Waals surface area contributed by atoms with Crippen LogP contribution in [-0.2, 0) is 4.79 Å². The van der Waals surface area contributed by atoms with E-state index in [-0.39, 0.29) is 17.9 Å². The number of hydrogen-bond acceptors (Lipinski definition) is 2. The Labute approximate surface area is 85.7 Å². The van der Waals surface area contributed by atoms with Gasteiger partial charge in [0.25, 0.3) is 0 Å². The van der Waals surface area contributed by atoms with Crippen LogP contribution in [0.5, 0.6) is 0 Å². The number of amides is 1. The molecule has 0 aromatic rings. The molecule has 3 heteroatoms. The van der Waals surface area contributed by atoms with E-state index in [0.717, 1.165) is 6.42 Å². The highest BCUT2D eigenvalue weighted by molar-refractivity contribution is 5.81. The van der Waals surface area contributed by atoms with E-state index in [4.69, 9.17) is 5.26 Å². The van der Waals surface area contributed by atoms with Gasteiger partial charge in [0.1, 0.15) is 0 Å². The molecule has 1 rings (SSSR count). The highest BCUT2D eigenvalue weighted by atomic mass is 16.2. The van der Waals surface area contributed by atoms with Gasteiger partial charge in [0.15, 0.2) is 0 Å². The predicted molar refractivity (Wildman–Crippen MR) is 54.4 cm³/mol. The molecule has 0 aromatic heterocycles. The van der Waals surface area contributed by atoms with Gasteiger partial charge in [-0.15, -0.1) is 0 Å². The van der Waals surface area contributed by atoms with Crippen molar-refractivity contribution in [1.82, 2.24) is 4.90 Å². The predicted octanol–water partition coefficient (Wildman–Crippen LogP) is 1.79. The fourth-order valence-electron chi connectivity index (χ4n) is 1.67. The Morgan fingerprint density at radius 2 is 2.21 bits per heavy atom. The second-order valence-electron chi connectivity index (χ2n) is 4.35. The molecular formula is C11H18N2O. The SMILES string of the molecule is CC1CC1C(=O)N(CCC#N)C(C)C. The lowest BCUT2D eigenvalue weighted by Gasteiger charge is -2.26. The van der Waals surface area contributed by atoms with Crippen molar-refractivity contribution in [3.63, 3.8) is 0 Å². The molecule has 2 atom stereocenters. The summed E-state index contributed by atoms with van der Waals surface area (Å²) in [4.78, 5) is 13.7. The monoisotopic (exact) mass is 194 g/mol. The van der Waals surface area contributed by atoms with Crippen molar-refractivity contribution in [3.8, 4) is 6.07 Å². The highest BCUT2D eigenvalue weighted by Crippen LogP contribution is 2.39. The Hall–Kier alpha value is -1.04. The van der Waals surface area contributed by atoms with Crippen LogP contribution in [-0.4, -0.2) is 23.4 Å².